The summed E-state index contributed by atoms with van der Waals surface area (Å²) in [5, 5.41) is 0. The lowest BCUT2D eigenvalue weighted by atomic mass is 9.99. The van der Waals surface area contributed by atoms with Crippen LogP contribution in [-0.2, 0) is 9.47 Å². The van der Waals surface area contributed by atoms with Gasteiger partial charge in [-0.1, -0.05) is 13.3 Å². The van der Waals surface area contributed by atoms with Gasteiger partial charge in [0.15, 0.2) is 0 Å². The van der Waals surface area contributed by atoms with E-state index in [0.29, 0.717) is 18.3 Å². The molecule has 1 fully saturated rings. The third kappa shape index (κ3) is 3.97. The Morgan fingerprint density at radius 2 is 2.21 bits per heavy atom. The van der Waals surface area contributed by atoms with E-state index in [1.165, 1.54) is 25.7 Å². The van der Waals surface area contributed by atoms with Crippen molar-refractivity contribution in [1.29, 1.82) is 0 Å². The fourth-order valence-electron chi connectivity index (χ4n) is 2.22. The highest BCUT2D eigenvalue weighted by Crippen LogP contribution is 2.23. The molecule has 1 aliphatic heterocycles. The quantitative estimate of drug-likeness (QED) is 0.678. The summed E-state index contributed by atoms with van der Waals surface area (Å²) in [5.74, 6) is 0. The highest BCUT2D eigenvalue weighted by Gasteiger charge is 2.22. The van der Waals surface area contributed by atoms with Gasteiger partial charge in [0.25, 0.3) is 0 Å². The van der Waals surface area contributed by atoms with E-state index in [1.54, 1.807) is 0 Å². The second-order valence-electron chi connectivity index (χ2n) is 4.38. The van der Waals surface area contributed by atoms with Gasteiger partial charge in [0, 0.05) is 7.11 Å². The Bertz CT molecular complexity index is 147. The van der Waals surface area contributed by atoms with Gasteiger partial charge in [0.05, 0.1) is 18.3 Å². The summed E-state index contributed by atoms with van der Waals surface area (Å²) in [6.45, 7) is 4.38. The predicted molar refractivity (Wildman–Crippen MR) is 58.5 cm³/mol. The second-order valence-corrected chi connectivity index (χ2v) is 4.38. The maximum Gasteiger partial charge on any atom is 0.0603 e. The molecule has 14 heavy (non-hydrogen) atoms. The van der Waals surface area contributed by atoms with Gasteiger partial charge < -0.3 is 9.47 Å². The Kier molecular flexibility index (Phi) is 5.49. The highest BCUT2D eigenvalue weighted by atomic mass is 16.5. The molecule has 0 radical (unpaired) electrons. The van der Waals surface area contributed by atoms with E-state index in [1.807, 2.05) is 7.11 Å². The lowest BCUT2D eigenvalue weighted by Gasteiger charge is -2.30. The molecule has 3 atom stereocenters. The van der Waals surface area contributed by atoms with Crippen LogP contribution in [-0.4, -0.2) is 25.4 Å². The lowest BCUT2D eigenvalue weighted by Crippen LogP contribution is -2.29. The van der Waals surface area contributed by atoms with Crippen molar-refractivity contribution in [2.24, 2.45) is 0 Å². The summed E-state index contributed by atoms with van der Waals surface area (Å²) < 4.78 is 11.3. The summed E-state index contributed by atoms with van der Waals surface area (Å²) in [7, 11) is 1.81. The molecule has 0 aromatic carbocycles. The van der Waals surface area contributed by atoms with Crippen LogP contribution in [0.3, 0.4) is 0 Å². The summed E-state index contributed by atoms with van der Waals surface area (Å²) in [4.78, 5) is 0. The van der Waals surface area contributed by atoms with Crippen molar-refractivity contribution in [2.75, 3.05) is 7.11 Å². The van der Waals surface area contributed by atoms with E-state index in [2.05, 4.69) is 13.8 Å². The number of hydrogen-bond acceptors (Lipinski definition) is 2. The first kappa shape index (κ1) is 12.0. The molecule has 0 N–H and O–H groups in total. The Hall–Kier alpha value is -0.0800. The molecule has 84 valence electrons. The number of rotatable bonds is 5. The predicted octanol–water partition coefficient (Wildman–Crippen LogP) is 3.15. The first-order valence-corrected chi connectivity index (χ1v) is 5.94. The van der Waals surface area contributed by atoms with Gasteiger partial charge in [-0.05, 0) is 39.0 Å². The first-order valence-electron chi connectivity index (χ1n) is 5.94. The Morgan fingerprint density at radius 1 is 1.43 bits per heavy atom. The number of hydrogen-bond donors (Lipinski definition) is 0. The van der Waals surface area contributed by atoms with Crippen LogP contribution in [0, 0.1) is 0 Å². The smallest absolute Gasteiger partial charge is 0.0603 e. The average Bonchev–Trinajstić information content (AvgIpc) is 2.17. The maximum atomic E-state index is 5.88. The molecule has 0 spiro atoms. The zero-order valence-corrected chi connectivity index (χ0v) is 9.79. The van der Waals surface area contributed by atoms with E-state index in [-0.39, 0.29) is 0 Å². The first-order chi connectivity index (χ1) is 6.76. The zero-order valence-electron chi connectivity index (χ0n) is 9.79. The van der Waals surface area contributed by atoms with Crippen molar-refractivity contribution < 1.29 is 9.47 Å². The fraction of sp³-hybridized carbons (Fsp3) is 1.00. The molecule has 0 aromatic heterocycles. The van der Waals surface area contributed by atoms with Crippen LogP contribution < -0.4 is 0 Å². The minimum absolute atomic E-state index is 0.398. The van der Waals surface area contributed by atoms with E-state index in [4.69, 9.17) is 9.47 Å². The van der Waals surface area contributed by atoms with Crippen LogP contribution in [0.15, 0.2) is 0 Å². The number of ether oxygens (including phenoxy) is 2. The molecule has 1 saturated heterocycles. The molecule has 0 aliphatic carbocycles. The van der Waals surface area contributed by atoms with Gasteiger partial charge in [-0.25, -0.2) is 0 Å². The molecule has 0 bridgehead atoms. The Balaban J connectivity index is 2.26. The maximum absolute atomic E-state index is 5.88. The third-order valence-corrected chi connectivity index (χ3v) is 3.03. The molecule has 1 rings (SSSR count). The summed E-state index contributed by atoms with van der Waals surface area (Å²) in [6, 6.07) is 0. The number of methoxy groups -OCH3 is 1. The standard InChI is InChI=1S/C12H24O2/c1-4-6-11(13-3)9-12-8-5-7-10(2)14-12/h10-12H,4-9H2,1-3H3/t10?,11-,12?/m1/s1. The summed E-state index contributed by atoms with van der Waals surface area (Å²) >= 11 is 0. The molecule has 2 nitrogen and oxygen atoms in total. The topological polar surface area (TPSA) is 18.5 Å². The zero-order chi connectivity index (χ0) is 10.4. The minimum atomic E-state index is 0.398. The minimum Gasteiger partial charge on any atom is -0.381 e. The molecule has 2 unspecified atom stereocenters. The molecular formula is C12H24O2. The SMILES string of the molecule is CCC[C@H](CC1CCCC(C)O1)OC. The van der Waals surface area contributed by atoms with Crippen molar-refractivity contribution >= 4 is 0 Å². The van der Waals surface area contributed by atoms with E-state index < -0.39 is 0 Å². The molecular weight excluding hydrogens is 176 g/mol. The van der Waals surface area contributed by atoms with E-state index >= 15 is 0 Å². The monoisotopic (exact) mass is 200 g/mol. The van der Waals surface area contributed by atoms with Crippen LogP contribution in [0.4, 0.5) is 0 Å². The van der Waals surface area contributed by atoms with E-state index in [9.17, 15) is 0 Å². The van der Waals surface area contributed by atoms with Crippen molar-refractivity contribution in [3.05, 3.63) is 0 Å². The molecule has 0 saturated carbocycles. The van der Waals surface area contributed by atoms with Gasteiger partial charge in [0.2, 0.25) is 0 Å². The third-order valence-electron chi connectivity index (χ3n) is 3.03. The molecule has 1 heterocycles. The molecule has 0 amide bonds. The average molecular weight is 200 g/mol. The van der Waals surface area contributed by atoms with Gasteiger partial charge >= 0.3 is 0 Å². The highest BCUT2D eigenvalue weighted by molar-refractivity contribution is 4.72. The van der Waals surface area contributed by atoms with Crippen LogP contribution in [0.2, 0.25) is 0 Å². The second kappa shape index (κ2) is 6.41. The normalized spacial score (nSPS) is 30.2. The summed E-state index contributed by atoms with van der Waals surface area (Å²) in [5.41, 5.74) is 0. The van der Waals surface area contributed by atoms with Crippen molar-refractivity contribution in [2.45, 2.75) is 70.7 Å². The van der Waals surface area contributed by atoms with Gasteiger partial charge in [0.1, 0.15) is 0 Å². The molecule has 2 heteroatoms. The van der Waals surface area contributed by atoms with Gasteiger partial charge in [-0.3, -0.25) is 0 Å². The van der Waals surface area contributed by atoms with Crippen LogP contribution >= 0.6 is 0 Å². The van der Waals surface area contributed by atoms with Gasteiger partial charge in [-0.2, -0.15) is 0 Å². The van der Waals surface area contributed by atoms with Crippen molar-refractivity contribution in [3.8, 4) is 0 Å². The lowest BCUT2D eigenvalue weighted by molar-refractivity contribution is -0.0665. The molecule has 1 aliphatic rings. The van der Waals surface area contributed by atoms with Crippen LogP contribution in [0.1, 0.15) is 52.4 Å². The van der Waals surface area contributed by atoms with Crippen LogP contribution in [0.5, 0.6) is 0 Å². The molecule has 0 aromatic rings. The Labute approximate surface area is 88.0 Å². The van der Waals surface area contributed by atoms with Crippen molar-refractivity contribution in [1.82, 2.24) is 0 Å². The van der Waals surface area contributed by atoms with Gasteiger partial charge in [-0.15, -0.1) is 0 Å². The fourth-order valence-corrected chi connectivity index (χ4v) is 2.22. The van der Waals surface area contributed by atoms with Crippen molar-refractivity contribution in [3.63, 3.8) is 0 Å². The largest absolute Gasteiger partial charge is 0.381 e. The van der Waals surface area contributed by atoms with Crippen LogP contribution in [0.25, 0.3) is 0 Å². The Morgan fingerprint density at radius 3 is 2.79 bits per heavy atom. The van der Waals surface area contributed by atoms with E-state index in [0.717, 1.165) is 12.8 Å². The summed E-state index contributed by atoms with van der Waals surface area (Å²) in [6.07, 6.45) is 8.48.